The molecule has 0 spiro atoms. The van der Waals surface area contributed by atoms with E-state index < -0.39 is 12.0 Å². The fourth-order valence-corrected chi connectivity index (χ4v) is 2.12. The fourth-order valence-electron chi connectivity index (χ4n) is 2.12. The van der Waals surface area contributed by atoms with Gasteiger partial charge < -0.3 is 15.4 Å². The quantitative estimate of drug-likeness (QED) is 0.732. The van der Waals surface area contributed by atoms with E-state index in [1.165, 1.54) is 5.69 Å². The second-order valence-electron chi connectivity index (χ2n) is 3.75. The molecule has 0 amide bonds. The van der Waals surface area contributed by atoms with Gasteiger partial charge in [0.15, 0.2) is 0 Å². The molecule has 14 heavy (non-hydrogen) atoms. The van der Waals surface area contributed by atoms with Gasteiger partial charge in [-0.05, 0) is 25.8 Å². The molecule has 76 valence electrons. The van der Waals surface area contributed by atoms with Gasteiger partial charge in [-0.1, -0.05) is 0 Å². The number of fused-ring (bicyclic) bond motifs is 1. The summed E-state index contributed by atoms with van der Waals surface area (Å²) in [5, 5.41) is 8.82. The van der Waals surface area contributed by atoms with Crippen LogP contribution in [0.4, 0.5) is 0 Å². The summed E-state index contributed by atoms with van der Waals surface area (Å²) < 4.78 is 2.16. The molecule has 4 nitrogen and oxygen atoms in total. The molecule has 1 unspecified atom stereocenters. The van der Waals surface area contributed by atoms with Gasteiger partial charge in [-0.15, -0.1) is 0 Å². The molecule has 2 heterocycles. The van der Waals surface area contributed by atoms with Gasteiger partial charge in [0.1, 0.15) is 6.04 Å². The molecule has 1 atom stereocenters. The number of carboxylic acid groups (broad SMARTS) is 1. The third-order valence-electron chi connectivity index (χ3n) is 2.91. The zero-order valence-electron chi connectivity index (χ0n) is 8.16. The van der Waals surface area contributed by atoms with Gasteiger partial charge in [-0.25, -0.2) is 0 Å². The van der Waals surface area contributed by atoms with Crippen LogP contribution in [0.15, 0.2) is 6.07 Å². The van der Waals surface area contributed by atoms with Crippen molar-refractivity contribution in [3.8, 4) is 0 Å². The molecule has 0 aliphatic carbocycles. The number of carboxylic acids is 1. The maximum absolute atomic E-state index is 10.7. The summed E-state index contributed by atoms with van der Waals surface area (Å²) in [5.41, 5.74) is 8.57. The summed E-state index contributed by atoms with van der Waals surface area (Å²) in [6, 6.07) is 1.05. The number of carbonyl (C=O) groups is 1. The molecule has 0 bridgehead atoms. The number of nitrogens with zero attached hydrogens (tertiary/aromatic N) is 1. The van der Waals surface area contributed by atoms with Crippen molar-refractivity contribution < 1.29 is 9.90 Å². The van der Waals surface area contributed by atoms with Crippen LogP contribution in [0.3, 0.4) is 0 Å². The minimum Gasteiger partial charge on any atom is -0.480 e. The van der Waals surface area contributed by atoms with E-state index in [-0.39, 0.29) is 0 Å². The van der Waals surface area contributed by atoms with Crippen LogP contribution in [0.2, 0.25) is 0 Å². The van der Waals surface area contributed by atoms with Crippen LogP contribution in [0.25, 0.3) is 0 Å². The van der Waals surface area contributed by atoms with Gasteiger partial charge in [-0.3, -0.25) is 4.79 Å². The van der Waals surface area contributed by atoms with E-state index in [0.29, 0.717) is 0 Å². The smallest absolute Gasteiger partial charge is 0.325 e. The molecule has 0 fully saturated rings. The maximum Gasteiger partial charge on any atom is 0.325 e. The van der Waals surface area contributed by atoms with Gasteiger partial charge in [0.2, 0.25) is 0 Å². The number of hydrogen-bond donors (Lipinski definition) is 2. The molecule has 1 aliphatic rings. The number of rotatable bonds is 2. The second kappa shape index (κ2) is 3.13. The van der Waals surface area contributed by atoms with Crippen LogP contribution in [-0.2, 0) is 17.8 Å². The predicted octanol–water partition coefficient (Wildman–Crippen LogP) is 0.827. The third kappa shape index (κ3) is 1.23. The second-order valence-corrected chi connectivity index (χ2v) is 3.75. The van der Waals surface area contributed by atoms with E-state index in [9.17, 15) is 4.79 Å². The van der Waals surface area contributed by atoms with Crippen molar-refractivity contribution in [1.29, 1.82) is 0 Å². The summed E-state index contributed by atoms with van der Waals surface area (Å²) in [4.78, 5) is 10.7. The molecule has 1 aliphatic heterocycles. The molecule has 0 aromatic carbocycles. The van der Waals surface area contributed by atoms with E-state index in [4.69, 9.17) is 10.8 Å². The summed E-state index contributed by atoms with van der Waals surface area (Å²) >= 11 is 0. The SMILES string of the molecule is Cc1c(C(N)C(=O)O)cc2n1CCC2. The first-order chi connectivity index (χ1) is 6.61. The Labute approximate surface area is 82.3 Å². The minimum atomic E-state index is -0.961. The van der Waals surface area contributed by atoms with Crippen LogP contribution < -0.4 is 5.73 Å². The Morgan fingerprint density at radius 3 is 3.00 bits per heavy atom. The van der Waals surface area contributed by atoms with Crippen molar-refractivity contribution in [2.75, 3.05) is 0 Å². The monoisotopic (exact) mass is 194 g/mol. The number of nitrogens with two attached hydrogens (primary N) is 1. The number of hydrogen-bond acceptors (Lipinski definition) is 2. The summed E-state index contributed by atoms with van der Waals surface area (Å²) in [6.07, 6.45) is 2.19. The molecule has 1 aromatic heterocycles. The normalized spacial score (nSPS) is 16.7. The zero-order valence-corrected chi connectivity index (χ0v) is 8.16. The van der Waals surface area contributed by atoms with E-state index >= 15 is 0 Å². The van der Waals surface area contributed by atoms with Crippen molar-refractivity contribution in [3.63, 3.8) is 0 Å². The van der Waals surface area contributed by atoms with Crippen LogP contribution >= 0.6 is 0 Å². The molecular formula is C10H14N2O2. The molecule has 0 radical (unpaired) electrons. The Bertz CT molecular complexity index is 382. The average molecular weight is 194 g/mol. The first kappa shape index (κ1) is 9.27. The standard InChI is InChI=1S/C10H14N2O2/c1-6-8(9(11)10(13)14)5-7-3-2-4-12(6)7/h5,9H,2-4,11H2,1H3,(H,13,14). The Hall–Kier alpha value is -1.29. The number of aryl methyl sites for hydroxylation is 1. The van der Waals surface area contributed by atoms with Gasteiger partial charge in [0, 0.05) is 23.5 Å². The summed E-state index contributed by atoms with van der Waals surface area (Å²) in [7, 11) is 0. The van der Waals surface area contributed by atoms with E-state index in [0.717, 1.165) is 30.6 Å². The lowest BCUT2D eigenvalue weighted by atomic mass is 10.1. The van der Waals surface area contributed by atoms with E-state index in [1.54, 1.807) is 0 Å². The van der Waals surface area contributed by atoms with Crippen molar-refractivity contribution in [2.24, 2.45) is 5.73 Å². The third-order valence-corrected chi connectivity index (χ3v) is 2.91. The molecule has 3 N–H and O–H groups in total. The van der Waals surface area contributed by atoms with E-state index in [2.05, 4.69) is 4.57 Å². The van der Waals surface area contributed by atoms with Crippen LogP contribution in [0.1, 0.15) is 29.4 Å². The van der Waals surface area contributed by atoms with E-state index in [1.807, 2.05) is 13.0 Å². The van der Waals surface area contributed by atoms with Crippen molar-refractivity contribution in [3.05, 3.63) is 23.0 Å². The minimum absolute atomic E-state index is 0.757. The predicted molar refractivity (Wildman–Crippen MR) is 52.1 cm³/mol. The van der Waals surface area contributed by atoms with Crippen LogP contribution in [0, 0.1) is 6.92 Å². The fraction of sp³-hybridized carbons (Fsp3) is 0.500. The van der Waals surface area contributed by atoms with Crippen molar-refractivity contribution >= 4 is 5.97 Å². The van der Waals surface area contributed by atoms with Gasteiger partial charge in [0.25, 0.3) is 0 Å². The molecule has 4 heteroatoms. The van der Waals surface area contributed by atoms with Gasteiger partial charge in [-0.2, -0.15) is 0 Å². The molecular weight excluding hydrogens is 180 g/mol. The Morgan fingerprint density at radius 2 is 2.43 bits per heavy atom. The van der Waals surface area contributed by atoms with Gasteiger partial charge in [0.05, 0.1) is 0 Å². The van der Waals surface area contributed by atoms with Gasteiger partial charge >= 0.3 is 5.97 Å². The Balaban J connectivity index is 2.41. The van der Waals surface area contributed by atoms with Crippen LogP contribution in [0.5, 0.6) is 0 Å². The molecule has 1 aromatic rings. The zero-order chi connectivity index (χ0) is 10.3. The first-order valence-electron chi connectivity index (χ1n) is 4.78. The summed E-state index contributed by atoms with van der Waals surface area (Å²) in [6.45, 7) is 2.93. The van der Waals surface area contributed by atoms with Crippen molar-refractivity contribution in [2.45, 2.75) is 32.4 Å². The highest BCUT2D eigenvalue weighted by Gasteiger charge is 2.23. The Kier molecular flexibility index (Phi) is 2.07. The highest BCUT2D eigenvalue weighted by Crippen LogP contribution is 2.26. The number of aromatic nitrogens is 1. The number of aliphatic carboxylic acids is 1. The average Bonchev–Trinajstić information content (AvgIpc) is 2.68. The van der Waals surface area contributed by atoms with Crippen molar-refractivity contribution in [1.82, 2.24) is 4.57 Å². The highest BCUT2D eigenvalue weighted by atomic mass is 16.4. The topological polar surface area (TPSA) is 68.2 Å². The molecule has 0 saturated carbocycles. The molecule has 2 rings (SSSR count). The lowest BCUT2D eigenvalue weighted by Gasteiger charge is -2.07. The first-order valence-corrected chi connectivity index (χ1v) is 4.78. The molecule has 0 saturated heterocycles. The maximum atomic E-state index is 10.7. The highest BCUT2D eigenvalue weighted by molar-refractivity contribution is 5.75. The van der Waals surface area contributed by atoms with Crippen LogP contribution in [-0.4, -0.2) is 15.6 Å². The lowest BCUT2D eigenvalue weighted by molar-refractivity contribution is -0.138. The lowest BCUT2D eigenvalue weighted by Crippen LogP contribution is -2.21. The Morgan fingerprint density at radius 1 is 1.71 bits per heavy atom. The summed E-state index contributed by atoms with van der Waals surface area (Å²) in [5.74, 6) is -0.961. The largest absolute Gasteiger partial charge is 0.480 e.